The molecular formula is C23H28N10O9P2S2. The molecule has 2 aliphatic rings. The van der Waals surface area contributed by atoms with Crippen molar-refractivity contribution in [1.82, 2.24) is 43.4 Å². The molecule has 1 saturated carbocycles. The van der Waals surface area contributed by atoms with Crippen LogP contribution in [0, 0.1) is 11.8 Å². The maximum Gasteiger partial charge on any atom is 0.386 e. The van der Waals surface area contributed by atoms with E-state index < -0.39 is 32.0 Å². The highest BCUT2D eigenvalue weighted by Crippen LogP contribution is 2.56. The van der Waals surface area contributed by atoms with E-state index in [1.807, 2.05) is 0 Å². The number of nitrogens with one attached hydrogen (secondary N) is 1. The van der Waals surface area contributed by atoms with E-state index in [1.54, 1.807) is 15.5 Å². The van der Waals surface area contributed by atoms with Gasteiger partial charge in [-0.05, 0) is 24.1 Å². The second kappa shape index (κ2) is 12.0. The van der Waals surface area contributed by atoms with Crippen molar-refractivity contribution < 1.29 is 37.8 Å². The molecule has 6 N–H and O–H groups in total. The van der Waals surface area contributed by atoms with Crippen LogP contribution in [-0.2, 0) is 34.7 Å². The molecule has 1 unspecified atom stereocenters. The molecule has 1 aliphatic carbocycles. The molecule has 19 nitrogen and oxygen atoms in total. The first-order valence-electron chi connectivity index (χ1n) is 13.9. The van der Waals surface area contributed by atoms with Gasteiger partial charge >= 0.3 is 13.5 Å². The summed E-state index contributed by atoms with van der Waals surface area (Å²) < 4.78 is 40.3. The van der Waals surface area contributed by atoms with Gasteiger partial charge in [-0.1, -0.05) is 12.2 Å². The van der Waals surface area contributed by atoms with Crippen LogP contribution in [0.25, 0.3) is 28.1 Å². The predicted octanol–water partition coefficient (Wildman–Crippen LogP) is 0.917. The zero-order valence-corrected chi connectivity index (χ0v) is 27.1. The number of fused-ring (bicyclic) bond motifs is 3. The van der Waals surface area contributed by atoms with E-state index >= 15 is 0 Å². The molecule has 1 aliphatic heterocycles. The van der Waals surface area contributed by atoms with Gasteiger partial charge in [-0.25, -0.2) is 33.9 Å². The summed E-state index contributed by atoms with van der Waals surface area (Å²) in [7, 11) is 0. The largest absolute Gasteiger partial charge is 0.390 e. The molecular weight excluding hydrogens is 686 g/mol. The van der Waals surface area contributed by atoms with Crippen molar-refractivity contribution in [2.75, 3.05) is 25.6 Å². The number of imidazole rings is 3. The van der Waals surface area contributed by atoms with Gasteiger partial charge in [-0.15, -0.1) is 0 Å². The van der Waals surface area contributed by atoms with Gasteiger partial charge in [0.1, 0.15) is 29.8 Å². The maximum atomic E-state index is 13.3. The number of hydrogen-bond donors (Lipinski definition) is 6. The third-order valence-corrected chi connectivity index (χ3v) is 10.7. The first-order chi connectivity index (χ1) is 21.9. The molecule has 0 radical (unpaired) electrons. The number of rotatable bonds is 11. The Morgan fingerprint density at radius 3 is 2.63 bits per heavy atom. The monoisotopic (exact) mass is 714 g/mol. The molecule has 7 rings (SSSR count). The Hall–Kier alpha value is -2.81. The van der Waals surface area contributed by atoms with Crippen molar-refractivity contribution in [3.05, 3.63) is 41.7 Å². The molecule has 5 aromatic rings. The topological polar surface area (TPSA) is 252 Å². The van der Waals surface area contributed by atoms with Gasteiger partial charge in [0.25, 0.3) is 5.56 Å². The molecule has 5 aromatic heterocycles. The quantitative estimate of drug-likeness (QED) is 0.0822. The highest BCUT2D eigenvalue weighted by Gasteiger charge is 2.45. The second-order valence-electron chi connectivity index (χ2n) is 11.0. The number of hydrogen-bond acceptors (Lipinski definition) is 14. The van der Waals surface area contributed by atoms with Crippen LogP contribution >= 0.6 is 25.8 Å². The molecule has 23 heteroatoms. The molecule has 0 amide bonds. The third-order valence-electron chi connectivity index (χ3n) is 8.28. The van der Waals surface area contributed by atoms with E-state index in [0.29, 0.717) is 29.0 Å². The molecule has 6 heterocycles. The van der Waals surface area contributed by atoms with Gasteiger partial charge in [0.05, 0.1) is 38.6 Å². The highest BCUT2D eigenvalue weighted by molar-refractivity contribution is 8.44. The summed E-state index contributed by atoms with van der Waals surface area (Å²) in [6, 6.07) is -0.253. The van der Waals surface area contributed by atoms with Crippen LogP contribution in [0.4, 0.5) is 5.82 Å². The first kappa shape index (κ1) is 31.8. The number of aliphatic hydroxyl groups is 1. The summed E-state index contributed by atoms with van der Waals surface area (Å²) in [6.45, 7) is -8.39. The average molecular weight is 715 g/mol. The minimum absolute atomic E-state index is 0.0694. The van der Waals surface area contributed by atoms with Crippen molar-refractivity contribution >= 4 is 71.5 Å². The Kier molecular flexibility index (Phi) is 8.30. The van der Waals surface area contributed by atoms with Crippen molar-refractivity contribution in [3.8, 4) is 0 Å². The van der Waals surface area contributed by atoms with Gasteiger partial charge in [0.2, 0.25) is 5.78 Å². The Morgan fingerprint density at radius 1 is 1.07 bits per heavy atom. The Bertz CT molecular complexity index is 2080. The van der Waals surface area contributed by atoms with Gasteiger partial charge in [0.15, 0.2) is 17.0 Å². The number of H-pyrrole nitrogens is 1. The van der Waals surface area contributed by atoms with Gasteiger partial charge in [-0.3, -0.25) is 13.9 Å². The van der Waals surface area contributed by atoms with Crippen LogP contribution in [-0.4, -0.2) is 90.4 Å². The zero-order valence-electron chi connectivity index (χ0n) is 23.6. The lowest BCUT2D eigenvalue weighted by molar-refractivity contribution is -0.0419. The van der Waals surface area contributed by atoms with Crippen LogP contribution in [0.15, 0.2) is 36.2 Å². The number of ether oxygens (including phenoxy) is 1. The number of aromatic amines is 1. The van der Waals surface area contributed by atoms with Crippen molar-refractivity contribution in [1.29, 1.82) is 0 Å². The number of thiol groups is 1. The van der Waals surface area contributed by atoms with Crippen molar-refractivity contribution in [3.63, 3.8) is 0 Å². The summed E-state index contributed by atoms with van der Waals surface area (Å²) in [4.78, 5) is 55.8. The molecule has 46 heavy (non-hydrogen) atoms. The number of anilines is 1. The Labute approximate surface area is 268 Å². The van der Waals surface area contributed by atoms with E-state index in [4.69, 9.17) is 24.0 Å². The number of nitrogens with zero attached hydrogens (tertiary/aromatic N) is 8. The number of nitrogen functional groups attached to an aromatic ring is 1. The second-order valence-corrected chi connectivity index (χ2v) is 16.6. The highest BCUT2D eigenvalue weighted by atomic mass is 32.7. The molecule has 2 fully saturated rings. The summed E-state index contributed by atoms with van der Waals surface area (Å²) in [5, 5.41) is 10.7. The number of aliphatic hydroxyl groups excluding tert-OH is 1. The fourth-order valence-electron chi connectivity index (χ4n) is 5.90. The van der Waals surface area contributed by atoms with Crippen LogP contribution in [0.3, 0.4) is 0 Å². The Balaban J connectivity index is 1.01. The maximum absolute atomic E-state index is 13.3. The lowest BCUT2D eigenvalue weighted by Crippen LogP contribution is -2.43. The van der Waals surface area contributed by atoms with Gasteiger partial charge in [0, 0.05) is 30.8 Å². The molecule has 1 saturated heterocycles. The van der Waals surface area contributed by atoms with Crippen molar-refractivity contribution in [2.24, 2.45) is 11.8 Å². The van der Waals surface area contributed by atoms with E-state index in [0.717, 1.165) is 0 Å². The fourth-order valence-corrected chi connectivity index (χ4v) is 7.64. The van der Waals surface area contributed by atoms with Crippen molar-refractivity contribution in [2.45, 2.75) is 37.3 Å². The fraction of sp³-hybridized carbons (Fsp3) is 0.478. The summed E-state index contributed by atoms with van der Waals surface area (Å²) in [6.07, 6.45) is 5.37. The molecule has 246 valence electrons. The normalized spacial score (nSPS) is 26.6. The summed E-state index contributed by atoms with van der Waals surface area (Å²) >= 11 is 8.72. The molecule has 0 spiro atoms. The minimum Gasteiger partial charge on any atom is -0.390 e. The summed E-state index contributed by atoms with van der Waals surface area (Å²) in [5.74, 6) is -0.0781. The SMILES string of the molecule is Nc1ncnc2c1ncn2[C@@H]1C[C@H](COP(O)(O)=S)[C@H]1COP(=O)(S)OC[C@H]1O[C@@H](n2cnc3c(=O)n4ccnc4[nH]c32)C[C@@H]1O. The van der Waals surface area contributed by atoms with E-state index in [9.17, 15) is 24.3 Å². The van der Waals surface area contributed by atoms with Gasteiger partial charge in [-0.2, -0.15) is 0 Å². The van der Waals surface area contributed by atoms with Crippen LogP contribution in [0.5, 0.6) is 0 Å². The third kappa shape index (κ3) is 6.01. The average Bonchev–Trinajstić information content (AvgIpc) is 3.77. The Morgan fingerprint density at radius 2 is 1.83 bits per heavy atom. The summed E-state index contributed by atoms with van der Waals surface area (Å²) in [5.41, 5.74) is 7.03. The van der Waals surface area contributed by atoms with Crippen LogP contribution < -0.4 is 11.3 Å². The predicted molar refractivity (Wildman–Crippen MR) is 167 cm³/mol. The number of aromatic nitrogens is 9. The first-order valence-corrected chi connectivity index (χ1v) is 19.2. The smallest absolute Gasteiger partial charge is 0.386 e. The van der Waals surface area contributed by atoms with E-state index in [2.05, 4.69) is 54.0 Å². The van der Waals surface area contributed by atoms with Crippen LogP contribution in [0.1, 0.15) is 25.1 Å². The van der Waals surface area contributed by atoms with E-state index in [1.165, 1.54) is 29.4 Å². The molecule has 0 aromatic carbocycles. The lowest BCUT2D eigenvalue weighted by Gasteiger charge is -2.45. The molecule has 0 bridgehead atoms. The number of nitrogens with two attached hydrogens (primary N) is 1. The van der Waals surface area contributed by atoms with Crippen LogP contribution in [0.2, 0.25) is 0 Å². The van der Waals surface area contributed by atoms with E-state index in [-0.39, 0.29) is 61.0 Å². The van der Waals surface area contributed by atoms with Gasteiger partial charge < -0.3 is 44.0 Å². The zero-order chi connectivity index (χ0) is 32.4. The molecule has 7 atom stereocenters. The standard InChI is InChI=1S/C23H28N10O9P2S2/c24-19-17-20(27-8-26-19)32(9-28-17)13-3-11(5-39-43(36,37)45)12(13)6-40-44(38,46)41-7-15-14(34)4-16(42-15)33-10-29-18-21(33)30-23-25-1-2-31(23)22(18)35/h1-2,8-16,34H,3-7H2,(H,25,30)(H,38,46)(H2,24,26,27)(H2,36,37,45)/t11-,12-,13-,14+,15-,16-,44?/m1/s1. The minimum atomic E-state index is -3.99. The lowest BCUT2D eigenvalue weighted by atomic mass is 9.70.